The molecule has 0 saturated heterocycles. The van der Waals surface area contributed by atoms with Crippen molar-refractivity contribution in [3.8, 4) is 0 Å². The minimum atomic E-state index is 0.754. The van der Waals surface area contributed by atoms with Crippen molar-refractivity contribution in [3.63, 3.8) is 0 Å². The molecule has 0 heterocycles. The maximum absolute atomic E-state index is 4.95. The first-order valence-corrected chi connectivity index (χ1v) is 3.60. The smallest absolute Gasteiger partial charge is 0.0670 e. The standard InChI is InChI=1S/C8H17NO/c1-8(7-10-3)5-4-6-9-2/h5,9H,4,6-7H2,1-3H3/b8-5-. The lowest BCUT2D eigenvalue weighted by Crippen LogP contribution is -2.06. The van der Waals surface area contributed by atoms with E-state index in [-0.39, 0.29) is 0 Å². The zero-order valence-electron chi connectivity index (χ0n) is 7.11. The summed E-state index contributed by atoms with van der Waals surface area (Å²) in [5, 5.41) is 3.08. The van der Waals surface area contributed by atoms with Gasteiger partial charge in [0.1, 0.15) is 0 Å². The molecule has 0 atom stereocenters. The molecule has 0 rings (SSSR count). The Morgan fingerprint density at radius 2 is 2.30 bits per heavy atom. The molecule has 0 fully saturated rings. The Balaban J connectivity index is 3.28. The van der Waals surface area contributed by atoms with Gasteiger partial charge in [-0.1, -0.05) is 11.6 Å². The van der Waals surface area contributed by atoms with Gasteiger partial charge in [0.15, 0.2) is 0 Å². The van der Waals surface area contributed by atoms with Gasteiger partial charge in [-0.3, -0.25) is 0 Å². The summed E-state index contributed by atoms with van der Waals surface area (Å²) in [5.74, 6) is 0. The molecule has 0 saturated carbocycles. The zero-order chi connectivity index (χ0) is 7.82. The van der Waals surface area contributed by atoms with Crippen LogP contribution in [0.4, 0.5) is 0 Å². The molecule has 10 heavy (non-hydrogen) atoms. The first-order valence-electron chi connectivity index (χ1n) is 3.60. The zero-order valence-corrected chi connectivity index (χ0v) is 7.11. The van der Waals surface area contributed by atoms with Crippen molar-refractivity contribution in [2.24, 2.45) is 0 Å². The van der Waals surface area contributed by atoms with Crippen LogP contribution in [0.3, 0.4) is 0 Å². The predicted molar refractivity (Wildman–Crippen MR) is 44.2 cm³/mol. The van der Waals surface area contributed by atoms with E-state index in [1.165, 1.54) is 5.57 Å². The van der Waals surface area contributed by atoms with E-state index in [2.05, 4.69) is 18.3 Å². The second-order valence-corrected chi connectivity index (χ2v) is 2.38. The fourth-order valence-corrected chi connectivity index (χ4v) is 0.750. The number of methoxy groups -OCH3 is 1. The van der Waals surface area contributed by atoms with E-state index in [1.807, 2.05) is 7.05 Å². The summed E-state index contributed by atoms with van der Waals surface area (Å²) in [6.07, 6.45) is 3.28. The molecular formula is C8H17NO. The largest absolute Gasteiger partial charge is 0.380 e. The van der Waals surface area contributed by atoms with Gasteiger partial charge in [-0.05, 0) is 26.9 Å². The maximum atomic E-state index is 4.95. The van der Waals surface area contributed by atoms with E-state index in [9.17, 15) is 0 Å². The van der Waals surface area contributed by atoms with Gasteiger partial charge in [0.2, 0.25) is 0 Å². The number of hydrogen-bond acceptors (Lipinski definition) is 2. The number of rotatable bonds is 5. The van der Waals surface area contributed by atoms with Gasteiger partial charge < -0.3 is 10.1 Å². The van der Waals surface area contributed by atoms with Crippen LogP contribution in [0.15, 0.2) is 11.6 Å². The van der Waals surface area contributed by atoms with Gasteiger partial charge in [0.05, 0.1) is 6.61 Å². The average molecular weight is 143 g/mol. The van der Waals surface area contributed by atoms with Crippen LogP contribution in [0.1, 0.15) is 13.3 Å². The van der Waals surface area contributed by atoms with E-state index in [0.717, 1.165) is 19.6 Å². The molecule has 0 aliphatic carbocycles. The summed E-state index contributed by atoms with van der Waals surface area (Å²) in [4.78, 5) is 0. The van der Waals surface area contributed by atoms with Gasteiger partial charge in [0, 0.05) is 7.11 Å². The lowest BCUT2D eigenvalue weighted by Gasteiger charge is -1.98. The summed E-state index contributed by atoms with van der Waals surface area (Å²) in [7, 11) is 3.68. The van der Waals surface area contributed by atoms with E-state index in [0.29, 0.717) is 0 Å². The number of ether oxygens (including phenoxy) is 1. The summed E-state index contributed by atoms with van der Waals surface area (Å²) in [5.41, 5.74) is 1.30. The highest BCUT2D eigenvalue weighted by Crippen LogP contribution is 1.93. The van der Waals surface area contributed by atoms with Crippen LogP contribution >= 0.6 is 0 Å². The van der Waals surface area contributed by atoms with Crippen molar-refractivity contribution < 1.29 is 4.74 Å². The molecule has 0 aromatic carbocycles. The van der Waals surface area contributed by atoms with E-state index in [4.69, 9.17) is 4.74 Å². The molecule has 0 spiro atoms. The minimum absolute atomic E-state index is 0.754. The third kappa shape index (κ3) is 5.79. The van der Waals surface area contributed by atoms with E-state index < -0.39 is 0 Å². The molecule has 0 aliphatic heterocycles. The number of hydrogen-bond donors (Lipinski definition) is 1. The fraction of sp³-hybridized carbons (Fsp3) is 0.750. The summed E-state index contributed by atoms with van der Waals surface area (Å²) < 4.78 is 4.95. The first kappa shape index (κ1) is 9.66. The fourth-order valence-electron chi connectivity index (χ4n) is 0.750. The van der Waals surface area contributed by atoms with Crippen LogP contribution in [0.5, 0.6) is 0 Å². The molecule has 2 heteroatoms. The highest BCUT2D eigenvalue weighted by atomic mass is 16.5. The van der Waals surface area contributed by atoms with Gasteiger partial charge in [-0.2, -0.15) is 0 Å². The Kier molecular flexibility index (Phi) is 6.55. The summed E-state index contributed by atoms with van der Waals surface area (Å²) >= 11 is 0. The molecule has 0 unspecified atom stereocenters. The summed E-state index contributed by atoms with van der Waals surface area (Å²) in [6, 6.07) is 0. The highest BCUT2D eigenvalue weighted by molar-refractivity contribution is 4.97. The molecule has 1 N–H and O–H groups in total. The van der Waals surface area contributed by atoms with Crippen molar-refractivity contribution in [2.45, 2.75) is 13.3 Å². The molecule has 60 valence electrons. The van der Waals surface area contributed by atoms with Crippen LogP contribution in [-0.4, -0.2) is 27.3 Å². The van der Waals surface area contributed by atoms with Gasteiger partial charge >= 0.3 is 0 Å². The lowest BCUT2D eigenvalue weighted by atomic mass is 10.2. The maximum Gasteiger partial charge on any atom is 0.0670 e. The van der Waals surface area contributed by atoms with Crippen LogP contribution in [0, 0.1) is 0 Å². The molecule has 2 nitrogen and oxygen atoms in total. The second-order valence-electron chi connectivity index (χ2n) is 2.38. The molecule has 0 bridgehead atoms. The third-order valence-corrected chi connectivity index (χ3v) is 1.26. The lowest BCUT2D eigenvalue weighted by molar-refractivity contribution is 0.225. The van der Waals surface area contributed by atoms with E-state index in [1.54, 1.807) is 7.11 Å². The van der Waals surface area contributed by atoms with Gasteiger partial charge in [-0.15, -0.1) is 0 Å². The molecular weight excluding hydrogens is 126 g/mol. The van der Waals surface area contributed by atoms with Crippen LogP contribution in [0.2, 0.25) is 0 Å². The third-order valence-electron chi connectivity index (χ3n) is 1.26. The SMILES string of the molecule is CNCC/C=C(/C)COC. The van der Waals surface area contributed by atoms with Crippen molar-refractivity contribution in [1.82, 2.24) is 5.32 Å². The highest BCUT2D eigenvalue weighted by Gasteiger charge is 1.85. The predicted octanol–water partition coefficient (Wildman–Crippen LogP) is 1.19. The van der Waals surface area contributed by atoms with Crippen LogP contribution in [0.25, 0.3) is 0 Å². The van der Waals surface area contributed by atoms with Crippen molar-refractivity contribution in [3.05, 3.63) is 11.6 Å². The van der Waals surface area contributed by atoms with Crippen molar-refractivity contribution >= 4 is 0 Å². The Hall–Kier alpha value is -0.340. The van der Waals surface area contributed by atoms with Crippen molar-refractivity contribution in [2.75, 3.05) is 27.3 Å². The monoisotopic (exact) mass is 143 g/mol. The Morgan fingerprint density at radius 3 is 2.80 bits per heavy atom. The van der Waals surface area contributed by atoms with Gasteiger partial charge in [-0.25, -0.2) is 0 Å². The molecule has 0 radical (unpaired) electrons. The topological polar surface area (TPSA) is 21.3 Å². The minimum Gasteiger partial charge on any atom is -0.380 e. The number of nitrogens with one attached hydrogen (secondary N) is 1. The Labute approximate surface area is 63.3 Å². The molecule has 0 aliphatic rings. The van der Waals surface area contributed by atoms with E-state index >= 15 is 0 Å². The van der Waals surface area contributed by atoms with Gasteiger partial charge in [0.25, 0.3) is 0 Å². The second kappa shape index (κ2) is 6.78. The Morgan fingerprint density at radius 1 is 1.60 bits per heavy atom. The Bertz CT molecular complexity index is 99.4. The first-order chi connectivity index (χ1) is 4.81. The summed E-state index contributed by atoms with van der Waals surface area (Å²) in [6.45, 7) is 3.88. The quantitative estimate of drug-likeness (QED) is 0.461. The molecule has 0 aromatic heterocycles. The normalized spacial score (nSPS) is 12.1. The van der Waals surface area contributed by atoms with Crippen LogP contribution in [-0.2, 0) is 4.74 Å². The van der Waals surface area contributed by atoms with Crippen LogP contribution < -0.4 is 5.32 Å². The average Bonchev–Trinajstić information content (AvgIpc) is 1.89. The molecule has 0 aromatic rings. The van der Waals surface area contributed by atoms with Crippen molar-refractivity contribution in [1.29, 1.82) is 0 Å². The molecule has 0 amide bonds.